The van der Waals surface area contributed by atoms with Gasteiger partial charge in [0.15, 0.2) is 0 Å². The zero-order valence-corrected chi connectivity index (χ0v) is 14.6. The minimum absolute atomic E-state index is 0.0352. The van der Waals surface area contributed by atoms with Crippen molar-refractivity contribution in [2.24, 2.45) is 0 Å². The largest absolute Gasteiger partial charge is 0.326 e. The number of amides is 2. The highest BCUT2D eigenvalue weighted by Gasteiger charge is 2.16. The lowest BCUT2D eigenvalue weighted by Crippen LogP contribution is -2.11. The Hall–Kier alpha value is -3.66. The van der Waals surface area contributed by atoms with Gasteiger partial charge in [-0.1, -0.05) is 54.6 Å². The van der Waals surface area contributed by atoms with Gasteiger partial charge < -0.3 is 10.6 Å². The van der Waals surface area contributed by atoms with Gasteiger partial charge in [0.2, 0.25) is 5.91 Å². The number of nitrogens with one attached hydrogen (secondary N) is 2. The molecule has 1 aliphatic rings. The van der Waals surface area contributed by atoms with Crippen LogP contribution in [0.25, 0.3) is 12.2 Å². The molecule has 132 valence electrons. The quantitative estimate of drug-likeness (QED) is 0.673. The molecule has 1 heterocycles. The molecule has 0 radical (unpaired) electrons. The Kier molecular flexibility index (Phi) is 4.54. The van der Waals surface area contributed by atoms with E-state index in [9.17, 15) is 9.59 Å². The zero-order valence-electron chi connectivity index (χ0n) is 14.6. The molecule has 3 aromatic rings. The Morgan fingerprint density at radius 3 is 2.48 bits per heavy atom. The Labute approximate surface area is 157 Å². The van der Waals surface area contributed by atoms with Gasteiger partial charge in [-0.15, -0.1) is 0 Å². The van der Waals surface area contributed by atoms with E-state index in [2.05, 4.69) is 10.6 Å². The molecule has 0 atom stereocenters. The second kappa shape index (κ2) is 7.30. The van der Waals surface area contributed by atoms with Crippen LogP contribution >= 0.6 is 0 Å². The molecular formula is C23H18N2O2. The number of anilines is 2. The van der Waals surface area contributed by atoms with Crippen molar-refractivity contribution in [3.63, 3.8) is 0 Å². The summed E-state index contributed by atoms with van der Waals surface area (Å²) in [6.07, 6.45) is 4.42. The van der Waals surface area contributed by atoms with Gasteiger partial charge in [-0.25, -0.2) is 0 Å². The monoisotopic (exact) mass is 354 g/mol. The summed E-state index contributed by atoms with van der Waals surface area (Å²) in [6.45, 7) is 0. The van der Waals surface area contributed by atoms with Crippen LogP contribution in [0.3, 0.4) is 0 Å². The summed E-state index contributed by atoms with van der Waals surface area (Å²) in [5.74, 6) is -0.0981. The zero-order chi connectivity index (χ0) is 18.6. The van der Waals surface area contributed by atoms with Gasteiger partial charge in [-0.2, -0.15) is 0 Å². The Balaban J connectivity index is 1.48. The maximum absolute atomic E-state index is 12.3. The van der Waals surface area contributed by atoms with Gasteiger partial charge in [-0.3, -0.25) is 9.59 Å². The first kappa shape index (κ1) is 16.8. The van der Waals surface area contributed by atoms with Gasteiger partial charge in [0, 0.05) is 16.9 Å². The highest BCUT2D eigenvalue weighted by Crippen LogP contribution is 2.25. The molecule has 4 heteroatoms. The lowest BCUT2D eigenvalue weighted by molar-refractivity contribution is -0.115. The fourth-order valence-electron chi connectivity index (χ4n) is 3.04. The lowest BCUT2D eigenvalue weighted by Gasteiger charge is -2.06. The molecule has 0 fully saturated rings. The SMILES string of the molecule is O=C1Cc2ccc(/C=C/c3cccc(NC(=O)c4ccccc4)c3)cc2N1. The normalized spacial score (nSPS) is 12.7. The average Bonchev–Trinajstić information content (AvgIpc) is 3.06. The summed E-state index contributed by atoms with van der Waals surface area (Å²) in [6, 6.07) is 22.7. The molecule has 0 saturated heterocycles. The first-order valence-electron chi connectivity index (χ1n) is 8.75. The number of fused-ring (bicyclic) bond motifs is 1. The van der Waals surface area contributed by atoms with E-state index >= 15 is 0 Å². The molecule has 0 aliphatic carbocycles. The maximum Gasteiger partial charge on any atom is 0.255 e. The van der Waals surface area contributed by atoms with Gasteiger partial charge in [0.1, 0.15) is 0 Å². The van der Waals surface area contributed by atoms with Crippen LogP contribution in [0.2, 0.25) is 0 Å². The predicted molar refractivity (Wildman–Crippen MR) is 109 cm³/mol. The third-order valence-corrected chi connectivity index (χ3v) is 4.41. The predicted octanol–water partition coefficient (Wildman–Crippen LogP) is 4.60. The topological polar surface area (TPSA) is 58.2 Å². The minimum Gasteiger partial charge on any atom is -0.326 e. The Bertz CT molecular complexity index is 1040. The summed E-state index contributed by atoms with van der Waals surface area (Å²) in [5, 5.41) is 5.78. The number of carbonyl (C=O) groups excluding carboxylic acids is 2. The van der Waals surface area contributed by atoms with Crippen LogP contribution in [0.4, 0.5) is 11.4 Å². The van der Waals surface area contributed by atoms with E-state index in [-0.39, 0.29) is 11.8 Å². The van der Waals surface area contributed by atoms with Crippen molar-refractivity contribution < 1.29 is 9.59 Å². The van der Waals surface area contributed by atoms with E-state index in [1.54, 1.807) is 12.1 Å². The van der Waals surface area contributed by atoms with Crippen LogP contribution in [0.5, 0.6) is 0 Å². The minimum atomic E-state index is -0.133. The number of rotatable bonds is 4. The summed E-state index contributed by atoms with van der Waals surface area (Å²) in [4.78, 5) is 23.7. The number of benzene rings is 3. The molecular weight excluding hydrogens is 336 g/mol. The van der Waals surface area contributed by atoms with Crippen molar-refractivity contribution in [2.45, 2.75) is 6.42 Å². The molecule has 3 aromatic carbocycles. The fourth-order valence-corrected chi connectivity index (χ4v) is 3.04. The Morgan fingerprint density at radius 2 is 1.67 bits per heavy atom. The van der Waals surface area contributed by atoms with E-state index in [0.29, 0.717) is 12.0 Å². The van der Waals surface area contributed by atoms with Gasteiger partial charge >= 0.3 is 0 Å². The van der Waals surface area contributed by atoms with Crippen LogP contribution < -0.4 is 10.6 Å². The summed E-state index contributed by atoms with van der Waals surface area (Å²) in [5.41, 5.74) is 5.26. The van der Waals surface area contributed by atoms with Crippen LogP contribution in [0.1, 0.15) is 27.0 Å². The number of hydrogen-bond donors (Lipinski definition) is 2. The first-order chi connectivity index (χ1) is 13.2. The fraction of sp³-hybridized carbons (Fsp3) is 0.0435. The van der Waals surface area contributed by atoms with E-state index in [4.69, 9.17) is 0 Å². The van der Waals surface area contributed by atoms with Crippen molar-refractivity contribution in [3.05, 3.63) is 95.1 Å². The van der Waals surface area contributed by atoms with Gasteiger partial charge in [-0.05, 0) is 47.0 Å². The highest BCUT2D eigenvalue weighted by atomic mass is 16.2. The molecule has 1 aliphatic heterocycles. The first-order valence-corrected chi connectivity index (χ1v) is 8.75. The molecule has 2 amide bonds. The van der Waals surface area contributed by atoms with Crippen LogP contribution in [0.15, 0.2) is 72.8 Å². The molecule has 0 unspecified atom stereocenters. The van der Waals surface area contributed by atoms with E-state index in [0.717, 1.165) is 28.1 Å². The smallest absolute Gasteiger partial charge is 0.255 e. The molecule has 4 rings (SSSR count). The molecule has 0 saturated carbocycles. The van der Waals surface area contributed by atoms with E-state index < -0.39 is 0 Å². The molecule has 2 N–H and O–H groups in total. The van der Waals surface area contributed by atoms with Gasteiger partial charge in [0.25, 0.3) is 5.91 Å². The van der Waals surface area contributed by atoms with Crippen LogP contribution in [-0.2, 0) is 11.2 Å². The summed E-state index contributed by atoms with van der Waals surface area (Å²) in [7, 11) is 0. The second-order valence-corrected chi connectivity index (χ2v) is 6.42. The third kappa shape index (κ3) is 3.96. The number of hydrogen-bond acceptors (Lipinski definition) is 2. The maximum atomic E-state index is 12.3. The van der Waals surface area contributed by atoms with Crippen molar-refractivity contribution in [1.82, 2.24) is 0 Å². The molecule has 4 nitrogen and oxygen atoms in total. The van der Waals surface area contributed by atoms with E-state index in [1.807, 2.05) is 72.8 Å². The van der Waals surface area contributed by atoms with Gasteiger partial charge in [0.05, 0.1) is 6.42 Å². The van der Waals surface area contributed by atoms with Crippen molar-refractivity contribution in [2.75, 3.05) is 10.6 Å². The van der Waals surface area contributed by atoms with Crippen LogP contribution in [-0.4, -0.2) is 11.8 Å². The molecule has 0 spiro atoms. The number of carbonyl (C=O) groups is 2. The second-order valence-electron chi connectivity index (χ2n) is 6.42. The van der Waals surface area contributed by atoms with Crippen LogP contribution in [0, 0.1) is 0 Å². The van der Waals surface area contributed by atoms with E-state index in [1.165, 1.54) is 0 Å². The lowest BCUT2D eigenvalue weighted by atomic mass is 10.1. The third-order valence-electron chi connectivity index (χ3n) is 4.41. The molecule has 0 bridgehead atoms. The molecule has 27 heavy (non-hydrogen) atoms. The summed E-state index contributed by atoms with van der Waals surface area (Å²) >= 11 is 0. The average molecular weight is 354 g/mol. The highest BCUT2D eigenvalue weighted by molar-refractivity contribution is 6.04. The Morgan fingerprint density at radius 1 is 0.889 bits per heavy atom. The van der Waals surface area contributed by atoms with Crippen molar-refractivity contribution >= 4 is 35.3 Å². The summed E-state index contributed by atoms with van der Waals surface area (Å²) < 4.78 is 0. The van der Waals surface area contributed by atoms with Crippen molar-refractivity contribution in [1.29, 1.82) is 0 Å². The molecule has 0 aromatic heterocycles. The standard InChI is InChI=1S/C23H18N2O2/c26-22-15-19-12-11-17(14-21(19)25-22)10-9-16-5-4-8-20(13-16)24-23(27)18-6-2-1-3-7-18/h1-14H,15H2,(H,24,27)(H,25,26)/b10-9+. The van der Waals surface area contributed by atoms with Crippen molar-refractivity contribution in [3.8, 4) is 0 Å².